The third-order valence-corrected chi connectivity index (χ3v) is 2.75. The van der Waals surface area contributed by atoms with Gasteiger partial charge in [0, 0.05) is 6.04 Å². The lowest BCUT2D eigenvalue weighted by Crippen LogP contribution is -2.23. The van der Waals surface area contributed by atoms with Crippen molar-refractivity contribution in [3.63, 3.8) is 0 Å². The Balaban J connectivity index is 2.27. The van der Waals surface area contributed by atoms with E-state index in [1.165, 1.54) is 5.56 Å². The molecule has 88 valence electrons. The number of benzene rings is 1. The second-order valence-electron chi connectivity index (χ2n) is 3.93. The lowest BCUT2D eigenvalue weighted by molar-refractivity contribution is 0.171. The largest absolute Gasteiger partial charge is 0.493 e. The summed E-state index contributed by atoms with van der Waals surface area (Å²) in [6.07, 6.45) is 0.934. The average Bonchev–Trinajstić information content (AvgIpc) is 2.75. The Morgan fingerprint density at radius 1 is 1.44 bits per heavy atom. The van der Waals surface area contributed by atoms with Crippen LogP contribution in [0, 0.1) is 0 Å². The van der Waals surface area contributed by atoms with Gasteiger partial charge in [0.1, 0.15) is 0 Å². The van der Waals surface area contributed by atoms with Crippen molar-refractivity contribution >= 4 is 0 Å². The van der Waals surface area contributed by atoms with E-state index in [1.54, 1.807) is 7.11 Å². The predicted molar refractivity (Wildman–Crippen MR) is 61.3 cm³/mol. The first-order valence-electron chi connectivity index (χ1n) is 5.38. The maximum Gasteiger partial charge on any atom is 0.231 e. The molecule has 0 fully saturated rings. The van der Waals surface area contributed by atoms with Gasteiger partial charge in [-0.15, -0.1) is 0 Å². The van der Waals surface area contributed by atoms with E-state index in [0.717, 1.165) is 17.9 Å². The van der Waals surface area contributed by atoms with Crippen molar-refractivity contribution in [2.45, 2.75) is 19.4 Å². The molecule has 2 rings (SSSR count). The fourth-order valence-electron chi connectivity index (χ4n) is 1.76. The van der Waals surface area contributed by atoms with Crippen LogP contribution < -0.4 is 19.5 Å². The molecule has 1 aliphatic heterocycles. The second-order valence-corrected chi connectivity index (χ2v) is 3.93. The molecule has 1 aliphatic rings. The van der Waals surface area contributed by atoms with Crippen molar-refractivity contribution in [3.05, 3.63) is 17.7 Å². The molecular formula is C12H17NO3. The summed E-state index contributed by atoms with van der Waals surface area (Å²) in [4.78, 5) is 0. The zero-order valence-corrected chi connectivity index (χ0v) is 9.87. The summed E-state index contributed by atoms with van der Waals surface area (Å²) in [7, 11) is 3.59. The highest BCUT2D eigenvalue weighted by Crippen LogP contribution is 2.41. The molecule has 0 bridgehead atoms. The molecule has 1 aromatic rings. The summed E-state index contributed by atoms with van der Waals surface area (Å²) in [5.74, 6) is 2.23. The van der Waals surface area contributed by atoms with Gasteiger partial charge in [-0.3, -0.25) is 0 Å². The van der Waals surface area contributed by atoms with Gasteiger partial charge in [-0.2, -0.15) is 0 Å². The standard InChI is InChI=1S/C12H17NO3/c1-8(13-2)4-9-5-10(14-3)12-11(6-9)15-7-16-12/h5-6,8,13H,4,7H2,1-3H3/i6+1. The van der Waals surface area contributed by atoms with Gasteiger partial charge in [0.05, 0.1) is 7.11 Å². The average molecular weight is 224 g/mol. The van der Waals surface area contributed by atoms with E-state index in [4.69, 9.17) is 14.2 Å². The summed E-state index contributed by atoms with van der Waals surface area (Å²) in [6, 6.07) is 4.44. The van der Waals surface area contributed by atoms with Crippen molar-refractivity contribution in [2.75, 3.05) is 21.0 Å². The molecule has 0 amide bonds. The highest BCUT2D eigenvalue weighted by atomic mass is 16.7. The summed E-state index contributed by atoms with van der Waals surface area (Å²) in [5, 5.41) is 3.21. The van der Waals surface area contributed by atoms with E-state index >= 15 is 0 Å². The summed E-state index contributed by atoms with van der Waals surface area (Å²) < 4.78 is 16.0. The van der Waals surface area contributed by atoms with Gasteiger partial charge in [-0.05, 0) is 38.1 Å². The molecule has 1 aromatic carbocycles. The van der Waals surface area contributed by atoms with Gasteiger partial charge in [0.15, 0.2) is 11.5 Å². The van der Waals surface area contributed by atoms with Gasteiger partial charge < -0.3 is 19.5 Å². The molecule has 16 heavy (non-hydrogen) atoms. The Bertz CT molecular complexity index is 379. The highest BCUT2D eigenvalue weighted by Gasteiger charge is 2.20. The van der Waals surface area contributed by atoms with Gasteiger partial charge in [0.25, 0.3) is 0 Å². The normalized spacial score (nSPS) is 14.9. The van der Waals surface area contributed by atoms with Crippen LogP contribution in [-0.2, 0) is 6.42 Å². The number of hydrogen-bond acceptors (Lipinski definition) is 4. The topological polar surface area (TPSA) is 39.7 Å². The molecule has 0 saturated heterocycles. The van der Waals surface area contributed by atoms with Crippen LogP contribution in [0.3, 0.4) is 0 Å². The first-order valence-corrected chi connectivity index (χ1v) is 5.38. The van der Waals surface area contributed by atoms with Crippen molar-refractivity contribution in [2.24, 2.45) is 0 Å². The van der Waals surface area contributed by atoms with E-state index < -0.39 is 0 Å². The molecule has 0 aromatic heterocycles. The maximum absolute atomic E-state index is 5.37. The number of nitrogens with one attached hydrogen (secondary N) is 1. The molecule has 1 atom stereocenters. The van der Waals surface area contributed by atoms with Gasteiger partial charge in [0.2, 0.25) is 12.5 Å². The number of methoxy groups -OCH3 is 1. The van der Waals surface area contributed by atoms with Crippen molar-refractivity contribution in [1.29, 1.82) is 0 Å². The van der Waals surface area contributed by atoms with Crippen LogP contribution >= 0.6 is 0 Å². The molecule has 0 radical (unpaired) electrons. The van der Waals surface area contributed by atoms with Crippen LogP contribution in [0.25, 0.3) is 0 Å². The van der Waals surface area contributed by atoms with Crippen LogP contribution in [0.15, 0.2) is 12.1 Å². The second kappa shape index (κ2) is 4.61. The fourth-order valence-corrected chi connectivity index (χ4v) is 1.76. The van der Waals surface area contributed by atoms with E-state index in [9.17, 15) is 0 Å². The molecule has 1 unspecified atom stereocenters. The fraction of sp³-hybridized carbons (Fsp3) is 0.500. The van der Waals surface area contributed by atoms with Crippen LogP contribution in [0.5, 0.6) is 17.2 Å². The van der Waals surface area contributed by atoms with Crippen LogP contribution in [0.4, 0.5) is 0 Å². The Labute approximate surface area is 95.5 Å². The van der Waals surface area contributed by atoms with Gasteiger partial charge in [-0.1, -0.05) is 0 Å². The SMILES string of the molecule is CNC(C)Cc1cc(OC)c2c([13cH]1)OCO2. The third-order valence-electron chi connectivity index (χ3n) is 2.75. The van der Waals surface area contributed by atoms with Crippen LogP contribution in [0.2, 0.25) is 0 Å². The lowest BCUT2D eigenvalue weighted by Gasteiger charge is -2.12. The number of hydrogen-bond donors (Lipinski definition) is 1. The van der Waals surface area contributed by atoms with Crippen molar-refractivity contribution in [1.82, 2.24) is 5.32 Å². The zero-order chi connectivity index (χ0) is 11.5. The van der Waals surface area contributed by atoms with Crippen LogP contribution in [-0.4, -0.2) is 27.0 Å². The molecule has 1 N–H and O–H groups in total. The Kier molecular flexibility index (Phi) is 3.19. The molecule has 1 heterocycles. The number of likely N-dealkylation sites (N-methyl/N-ethyl adjacent to an activating group) is 1. The zero-order valence-electron chi connectivity index (χ0n) is 9.87. The quantitative estimate of drug-likeness (QED) is 0.842. The van der Waals surface area contributed by atoms with E-state index in [0.29, 0.717) is 11.8 Å². The predicted octanol–water partition coefficient (Wildman–Crippen LogP) is 1.57. The minimum absolute atomic E-state index is 0.275. The van der Waals surface area contributed by atoms with E-state index in [1.807, 2.05) is 19.2 Å². The number of fused-ring (bicyclic) bond motifs is 1. The first-order chi connectivity index (χ1) is 7.74. The Morgan fingerprint density at radius 2 is 2.25 bits per heavy atom. The minimum Gasteiger partial charge on any atom is -0.493 e. The Morgan fingerprint density at radius 3 is 2.94 bits per heavy atom. The molecule has 0 spiro atoms. The summed E-state index contributed by atoms with van der Waals surface area (Å²) >= 11 is 0. The van der Waals surface area contributed by atoms with Crippen LogP contribution in [0.1, 0.15) is 12.5 Å². The van der Waals surface area contributed by atoms with Crippen molar-refractivity contribution < 1.29 is 14.2 Å². The third kappa shape index (κ3) is 2.07. The summed E-state index contributed by atoms with van der Waals surface area (Å²) in [6.45, 7) is 2.41. The summed E-state index contributed by atoms with van der Waals surface area (Å²) in [5.41, 5.74) is 1.18. The monoisotopic (exact) mass is 224 g/mol. The molecule has 4 nitrogen and oxygen atoms in total. The van der Waals surface area contributed by atoms with Gasteiger partial charge in [-0.25, -0.2) is 0 Å². The number of rotatable bonds is 4. The molecule has 0 saturated carbocycles. The van der Waals surface area contributed by atoms with Crippen molar-refractivity contribution in [3.8, 4) is 17.2 Å². The smallest absolute Gasteiger partial charge is 0.231 e. The maximum atomic E-state index is 5.37. The number of ether oxygens (including phenoxy) is 3. The van der Waals surface area contributed by atoms with E-state index in [2.05, 4.69) is 12.2 Å². The Hall–Kier alpha value is -1.42. The van der Waals surface area contributed by atoms with E-state index in [-0.39, 0.29) is 6.79 Å². The lowest BCUT2D eigenvalue weighted by atomic mass is 10.1. The highest BCUT2D eigenvalue weighted by molar-refractivity contribution is 5.55. The first kappa shape index (κ1) is 11.1. The minimum atomic E-state index is 0.275. The molecule has 0 aliphatic carbocycles. The van der Waals surface area contributed by atoms with Gasteiger partial charge >= 0.3 is 0 Å². The molecular weight excluding hydrogens is 207 g/mol. The molecule has 4 heteroatoms.